The molecule has 1 rings (SSSR count). The molecule has 0 heterocycles. The number of carboxylic acids is 2. The molecule has 3 amide bonds. The molecule has 0 aliphatic rings. The first kappa shape index (κ1) is 26.6. The van der Waals surface area contributed by atoms with Gasteiger partial charge >= 0.3 is 11.9 Å². The van der Waals surface area contributed by atoms with Crippen molar-refractivity contribution in [3.8, 4) is 0 Å². The lowest BCUT2D eigenvalue weighted by molar-refractivity contribution is -0.139. The molecule has 0 fully saturated rings. The highest BCUT2D eigenvalue weighted by Gasteiger charge is 2.29. The summed E-state index contributed by atoms with van der Waals surface area (Å²) in [6, 6.07) is 5.27. The van der Waals surface area contributed by atoms with Gasteiger partial charge in [-0.3, -0.25) is 24.0 Å². The third kappa shape index (κ3) is 10.0. The predicted molar refractivity (Wildman–Crippen MR) is 114 cm³/mol. The number of benzene rings is 1. The van der Waals surface area contributed by atoms with Crippen LogP contribution in [0, 0.1) is 5.92 Å². The molecule has 7 N–H and O–H groups in total. The predicted octanol–water partition coefficient (Wildman–Crippen LogP) is -0.752. The van der Waals surface area contributed by atoms with Crippen molar-refractivity contribution in [2.24, 2.45) is 11.7 Å². The van der Waals surface area contributed by atoms with Crippen LogP contribution in [0.25, 0.3) is 0 Å². The van der Waals surface area contributed by atoms with E-state index in [0.29, 0.717) is 0 Å². The van der Waals surface area contributed by atoms with Crippen LogP contribution < -0.4 is 21.7 Å². The molecule has 0 saturated carbocycles. The smallest absolute Gasteiger partial charge is 0.322 e. The standard InChI is InChI=1S/C21H30N4O7/c1-12(2)8-15(20(31)23-11-18(28)29)25-21(32)16(9-13-6-4-3-5-7-13)24-19(30)14(22)10-17(26)27/h3-7,12,14-16H,8-11,22H2,1-2H3,(H,23,31)(H,24,30)(H,25,32)(H,26,27)(H,28,29). The van der Waals surface area contributed by atoms with Crippen molar-refractivity contribution in [1.29, 1.82) is 0 Å². The molecule has 0 spiro atoms. The summed E-state index contributed by atoms with van der Waals surface area (Å²) in [7, 11) is 0. The highest BCUT2D eigenvalue weighted by atomic mass is 16.4. The number of carbonyl (C=O) groups is 5. The lowest BCUT2D eigenvalue weighted by atomic mass is 10.0. The van der Waals surface area contributed by atoms with E-state index < -0.39 is 60.8 Å². The second kappa shape index (κ2) is 13.1. The number of amides is 3. The van der Waals surface area contributed by atoms with Gasteiger partial charge in [0.15, 0.2) is 0 Å². The number of hydrogen-bond acceptors (Lipinski definition) is 6. The summed E-state index contributed by atoms with van der Waals surface area (Å²) in [6.45, 7) is 3.06. The van der Waals surface area contributed by atoms with Crippen molar-refractivity contribution in [2.45, 2.75) is 51.2 Å². The van der Waals surface area contributed by atoms with Crippen LogP contribution in [0.2, 0.25) is 0 Å². The average Bonchev–Trinajstić information content (AvgIpc) is 2.70. The fourth-order valence-corrected chi connectivity index (χ4v) is 2.88. The number of hydrogen-bond donors (Lipinski definition) is 6. The maximum atomic E-state index is 13.0. The minimum atomic E-state index is -1.36. The van der Waals surface area contributed by atoms with Crippen LogP contribution in [0.5, 0.6) is 0 Å². The summed E-state index contributed by atoms with van der Waals surface area (Å²) < 4.78 is 0. The number of carboxylic acid groups (broad SMARTS) is 2. The molecule has 3 atom stereocenters. The summed E-state index contributed by atoms with van der Waals surface area (Å²) in [6.07, 6.45) is -0.301. The van der Waals surface area contributed by atoms with E-state index in [2.05, 4.69) is 16.0 Å². The van der Waals surface area contributed by atoms with E-state index in [0.717, 1.165) is 5.56 Å². The first-order valence-electron chi connectivity index (χ1n) is 10.1. The molecule has 176 valence electrons. The molecule has 32 heavy (non-hydrogen) atoms. The molecule has 11 heteroatoms. The molecule has 0 aliphatic heterocycles. The van der Waals surface area contributed by atoms with Crippen molar-refractivity contribution in [1.82, 2.24) is 16.0 Å². The minimum Gasteiger partial charge on any atom is -0.481 e. The summed E-state index contributed by atoms with van der Waals surface area (Å²) in [5.41, 5.74) is 6.32. The fraction of sp³-hybridized carbons (Fsp3) is 0.476. The second-order valence-corrected chi connectivity index (χ2v) is 7.76. The molecule has 0 aromatic heterocycles. The Morgan fingerprint density at radius 3 is 2.00 bits per heavy atom. The highest BCUT2D eigenvalue weighted by molar-refractivity contribution is 5.94. The van der Waals surface area contributed by atoms with Gasteiger partial charge < -0.3 is 31.9 Å². The Morgan fingerprint density at radius 1 is 0.875 bits per heavy atom. The first-order chi connectivity index (χ1) is 15.0. The van der Waals surface area contributed by atoms with Crippen LogP contribution in [0.15, 0.2) is 30.3 Å². The van der Waals surface area contributed by atoms with Crippen molar-refractivity contribution in [3.05, 3.63) is 35.9 Å². The molecule has 11 nitrogen and oxygen atoms in total. The van der Waals surface area contributed by atoms with Crippen molar-refractivity contribution < 1.29 is 34.2 Å². The van der Waals surface area contributed by atoms with Crippen molar-refractivity contribution in [2.75, 3.05) is 6.54 Å². The van der Waals surface area contributed by atoms with Crippen molar-refractivity contribution in [3.63, 3.8) is 0 Å². The molecule has 0 bridgehead atoms. The molecular formula is C21H30N4O7. The Hall–Kier alpha value is -3.47. The number of aliphatic carboxylic acids is 2. The fourth-order valence-electron chi connectivity index (χ4n) is 2.88. The minimum absolute atomic E-state index is 0.00188. The molecule has 0 radical (unpaired) electrons. The monoisotopic (exact) mass is 450 g/mol. The maximum absolute atomic E-state index is 13.0. The van der Waals surface area contributed by atoms with Crippen LogP contribution in [0.3, 0.4) is 0 Å². The number of nitrogens with one attached hydrogen (secondary N) is 3. The van der Waals surface area contributed by atoms with Crippen LogP contribution in [-0.4, -0.2) is 64.5 Å². The van der Waals surface area contributed by atoms with Crippen LogP contribution in [0.1, 0.15) is 32.3 Å². The zero-order chi connectivity index (χ0) is 24.3. The SMILES string of the molecule is CC(C)CC(NC(=O)C(Cc1ccccc1)NC(=O)C(N)CC(=O)O)C(=O)NCC(=O)O. The second-order valence-electron chi connectivity index (χ2n) is 7.76. The Labute approximate surface area is 185 Å². The topological polar surface area (TPSA) is 188 Å². The normalized spacial score (nSPS) is 13.5. The highest BCUT2D eigenvalue weighted by Crippen LogP contribution is 2.08. The molecule has 0 aliphatic carbocycles. The summed E-state index contributed by atoms with van der Waals surface area (Å²) in [5.74, 6) is -4.65. The maximum Gasteiger partial charge on any atom is 0.322 e. The number of nitrogens with two attached hydrogens (primary N) is 1. The van der Waals surface area contributed by atoms with Crippen LogP contribution in [-0.2, 0) is 30.4 Å². The number of rotatable bonds is 13. The summed E-state index contributed by atoms with van der Waals surface area (Å²) in [4.78, 5) is 59.3. The van der Waals surface area contributed by atoms with Gasteiger partial charge in [0.1, 0.15) is 18.6 Å². The number of carbonyl (C=O) groups excluding carboxylic acids is 3. The molecular weight excluding hydrogens is 420 g/mol. The Balaban J connectivity index is 3.01. The van der Waals surface area contributed by atoms with Gasteiger partial charge in [-0.15, -0.1) is 0 Å². The summed E-state index contributed by atoms with van der Waals surface area (Å²) in [5, 5.41) is 24.9. The zero-order valence-electron chi connectivity index (χ0n) is 18.0. The van der Waals surface area contributed by atoms with Gasteiger partial charge in [0.2, 0.25) is 17.7 Å². The lowest BCUT2D eigenvalue weighted by Crippen LogP contribution is -2.57. The van der Waals surface area contributed by atoms with Gasteiger partial charge in [-0.25, -0.2) is 0 Å². The van der Waals surface area contributed by atoms with E-state index in [-0.39, 0.29) is 18.8 Å². The van der Waals surface area contributed by atoms with Crippen LogP contribution >= 0.6 is 0 Å². The van der Waals surface area contributed by atoms with Gasteiger partial charge in [0.25, 0.3) is 0 Å². The third-order valence-electron chi connectivity index (χ3n) is 4.40. The van der Waals surface area contributed by atoms with Gasteiger partial charge in [-0.2, -0.15) is 0 Å². The van der Waals surface area contributed by atoms with Gasteiger partial charge in [-0.1, -0.05) is 44.2 Å². The van der Waals surface area contributed by atoms with E-state index in [4.69, 9.17) is 15.9 Å². The zero-order valence-corrected chi connectivity index (χ0v) is 18.0. The molecule has 0 saturated heterocycles. The Kier molecular flexibility index (Phi) is 10.8. The Morgan fingerprint density at radius 2 is 1.47 bits per heavy atom. The van der Waals surface area contributed by atoms with E-state index in [1.54, 1.807) is 30.3 Å². The van der Waals surface area contributed by atoms with E-state index in [1.165, 1.54) is 0 Å². The van der Waals surface area contributed by atoms with Crippen LogP contribution in [0.4, 0.5) is 0 Å². The third-order valence-corrected chi connectivity index (χ3v) is 4.40. The van der Waals surface area contributed by atoms with Crippen molar-refractivity contribution >= 4 is 29.7 Å². The van der Waals surface area contributed by atoms with Gasteiger partial charge in [-0.05, 0) is 17.9 Å². The molecule has 1 aromatic rings. The van der Waals surface area contributed by atoms with Gasteiger partial charge in [0, 0.05) is 6.42 Å². The van der Waals surface area contributed by atoms with Gasteiger partial charge in [0.05, 0.1) is 12.5 Å². The average molecular weight is 450 g/mol. The molecule has 3 unspecified atom stereocenters. The lowest BCUT2D eigenvalue weighted by Gasteiger charge is -2.25. The Bertz CT molecular complexity index is 814. The van der Waals surface area contributed by atoms with E-state index in [1.807, 2.05) is 13.8 Å². The largest absolute Gasteiger partial charge is 0.481 e. The summed E-state index contributed by atoms with van der Waals surface area (Å²) >= 11 is 0. The quantitative estimate of drug-likeness (QED) is 0.226. The van der Waals surface area contributed by atoms with E-state index in [9.17, 15) is 24.0 Å². The molecule has 1 aromatic carbocycles. The van der Waals surface area contributed by atoms with E-state index >= 15 is 0 Å². The first-order valence-corrected chi connectivity index (χ1v) is 10.1.